The van der Waals surface area contributed by atoms with Gasteiger partial charge in [0.05, 0.1) is 11.2 Å². The maximum atomic E-state index is 10.3. The molecule has 2 aromatic heterocycles. The summed E-state index contributed by atoms with van der Waals surface area (Å²) in [4.78, 5) is 18.5. The van der Waals surface area contributed by atoms with Gasteiger partial charge in [-0.15, -0.1) is 0 Å². The lowest BCUT2D eigenvalue weighted by molar-refractivity contribution is -0.131. The normalized spacial score (nSPS) is 10.9. The number of aliphatic carboxylic acids is 1. The summed E-state index contributed by atoms with van der Waals surface area (Å²) in [5.41, 5.74) is 1.42. The molecular formula is C11H8N2O2. The van der Waals surface area contributed by atoms with Crippen molar-refractivity contribution in [2.24, 2.45) is 0 Å². The molecule has 0 saturated heterocycles. The van der Waals surface area contributed by atoms with Crippen LogP contribution in [0.3, 0.4) is 0 Å². The molecule has 0 aliphatic carbocycles. The molecule has 0 bridgehead atoms. The predicted octanol–water partition coefficient (Wildman–Crippen LogP) is 1.73. The minimum absolute atomic E-state index is 0.621. The highest BCUT2D eigenvalue weighted by molar-refractivity contribution is 5.86. The van der Waals surface area contributed by atoms with E-state index in [1.54, 1.807) is 24.5 Å². The fourth-order valence-corrected chi connectivity index (χ4v) is 1.23. The minimum Gasteiger partial charge on any atom is -0.478 e. The Kier molecular flexibility index (Phi) is 2.41. The maximum Gasteiger partial charge on any atom is 0.328 e. The van der Waals surface area contributed by atoms with Crippen molar-refractivity contribution in [3.63, 3.8) is 0 Å². The monoisotopic (exact) mass is 200 g/mol. The molecule has 0 radical (unpaired) electrons. The maximum absolute atomic E-state index is 10.3. The van der Waals surface area contributed by atoms with E-state index in [9.17, 15) is 4.79 Å². The number of carboxylic acid groups (broad SMARTS) is 1. The number of rotatable bonds is 2. The zero-order valence-corrected chi connectivity index (χ0v) is 7.79. The van der Waals surface area contributed by atoms with Crippen molar-refractivity contribution in [1.29, 1.82) is 0 Å². The van der Waals surface area contributed by atoms with Crippen LogP contribution in [0.4, 0.5) is 0 Å². The van der Waals surface area contributed by atoms with Gasteiger partial charge in [0.15, 0.2) is 0 Å². The molecule has 4 heteroatoms. The number of carbonyl (C=O) groups is 1. The van der Waals surface area contributed by atoms with Gasteiger partial charge < -0.3 is 5.11 Å². The highest BCUT2D eigenvalue weighted by Crippen LogP contribution is 2.10. The lowest BCUT2D eigenvalue weighted by atomic mass is 10.2. The number of carboxylic acids is 1. The fourth-order valence-electron chi connectivity index (χ4n) is 1.23. The number of aromatic nitrogens is 2. The molecule has 74 valence electrons. The first-order valence-electron chi connectivity index (χ1n) is 4.37. The number of hydrogen-bond acceptors (Lipinski definition) is 3. The molecule has 15 heavy (non-hydrogen) atoms. The van der Waals surface area contributed by atoms with Crippen molar-refractivity contribution >= 4 is 22.9 Å². The van der Waals surface area contributed by atoms with Crippen LogP contribution in [0.5, 0.6) is 0 Å². The number of fused-ring (bicyclic) bond motifs is 1. The Morgan fingerprint density at radius 3 is 3.00 bits per heavy atom. The van der Waals surface area contributed by atoms with E-state index >= 15 is 0 Å². The van der Waals surface area contributed by atoms with E-state index in [0.717, 1.165) is 17.0 Å². The third-order valence-electron chi connectivity index (χ3n) is 1.91. The van der Waals surface area contributed by atoms with E-state index in [1.165, 1.54) is 6.08 Å². The van der Waals surface area contributed by atoms with Gasteiger partial charge in [-0.05, 0) is 24.3 Å². The first kappa shape index (κ1) is 9.33. The lowest BCUT2D eigenvalue weighted by Crippen LogP contribution is -1.88. The highest BCUT2D eigenvalue weighted by Gasteiger charge is 1.95. The summed E-state index contributed by atoms with van der Waals surface area (Å²) in [5.74, 6) is -0.980. The van der Waals surface area contributed by atoms with Crippen molar-refractivity contribution in [3.8, 4) is 0 Å². The molecular weight excluding hydrogens is 192 g/mol. The van der Waals surface area contributed by atoms with Gasteiger partial charge in [-0.2, -0.15) is 0 Å². The summed E-state index contributed by atoms with van der Waals surface area (Å²) in [7, 11) is 0. The molecule has 0 fully saturated rings. The largest absolute Gasteiger partial charge is 0.478 e. The Morgan fingerprint density at radius 1 is 1.33 bits per heavy atom. The highest BCUT2D eigenvalue weighted by atomic mass is 16.4. The summed E-state index contributed by atoms with van der Waals surface area (Å²) in [6, 6.07) is 5.40. The van der Waals surface area contributed by atoms with Crippen LogP contribution < -0.4 is 0 Å². The molecule has 0 atom stereocenters. The van der Waals surface area contributed by atoms with Crippen LogP contribution in [0.25, 0.3) is 17.0 Å². The Hall–Kier alpha value is -2.23. The molecule has 0 aromatic carbocycles. The SMILES string of the molecule is O=C(O)/C=C\c1ccc2cnccc2n1. The third kappa shape index (κ3) is 2.17. The molecule has 2 rings (SSSR count). The zero-order valence-electron chi connectivity index (χ0n) is 7.79. The first-order valence-corrected chi connectivity index (χ1v) is 4.37. The quantitative estimate of drug-likeness (QED) is 0.750. The van der Waals surface area contributed by atoms with E-state index in [0.29, 0.717) is 5.69 Å². The topological polar surface area (TPSA) is 63.1 Å². The summed E-state index contributed by atoms with van der Waals surface area (Å²) in [6.45, 7) is 0. The second-order valence-corrected chi connectivity index (χ2v) is 2.98. The van der Waals surface area contributed by atoms with E-state index in [-0.39, 0.29) is 0 Å². The van der Waals surface area contributed by atoms with Crippen molar-refractivity contribution in [2.45, 2.75) is 0 Å². The van der Waals surface area contributed by atoms with E-state index < -0.39 is 5.97 Å². The van der Waals surface area contributed by atoms with Crippen LogP contribution in [0.1, 0.15) is 5.69 Å². The Labute approximate surface area is 85.9 Å². The van der Waals surface area contributed by atoms with Crippen LogP contribution in [0.2, 0.25) is 0 Å². The number of nitrogens with zero attached hydrogens (tertiary/aromatic N) is 2. The van der Waals surface area contributed by atoms with Gasteiger partial charge >= 0.3 is 5.97 Å². The summed E-state index contributed by atoms with van der Waals surface area (Å²) in [5, 5.41) is 9.40. The molecule has 1 N–H and O–H groups in total. The lowest BCUT2D eigenvalue weighted by Gasteiger charge is -1.96. The van der Waals surface area contributed by atoms with Crippen LogP contribution in [0.15, 0.2) is 36.7 Å². The van der Waals surface area contributed by atoms with Crippen LogP contribution in [-0.2, 0) is 4.79 Å². The van der Waals surface area contributed by atoms with Crippen LogP contribution in [0, 0.1) is 0 Å². The van der Waals surface area contributed by atoms with Gasteiger partial charge in [-0.1, -0.05) is 0 Å². The van der Waals surface area contributed by atoms with Gasteiger partial charge in [0, 0.05) is 23.9 Å². The number of pyridine rings is 2. The number of hydrogen-bond donors (Lipinski definition) is 1. The van der Waals surface area contributed by atoms with Gasteiger partial charge in [-0.3, -0.25) is 4.98 Å². The molecule has 0 saturated carbocycles. The first-order chi connectivity index (χ1) is 7.25. The molecule has 4 nitrogen and oxygen atoms in total. The van der Waals surface area contributed by atoms with Crippen molar-refractivity contribution < 1.29 is 9.90 Å². The Bertz CT molecular complexity index is 535. The van der Waals surface area contributed by atoms with Crippen molar-refractivity contribution in [2.75, 3.05) is 0 Å². The van der Waals surface area contributed by atoms with Gasteiger partial charge in [0.2, 0.25) is 0 Å². The van der Waals surface area contributed by atoms with Crippen LogP contribution >= 0.6 is 0 Å². The minimum atomic E-state index is -0.980. The average molecular weight is 200 g/mol. The molecule has 2 heterocycles. The summed E-state index contributed by atoms with van der Waals surface area (Å²) < 4.78 is 0. The zero-order chi connectivity index (χ0) is 10.7. The molecule has 0 amide bonds. The molecule has 0 aliphatic rings. The van der Waals surface area contributed by atoms with Crippen molar-refractivity contribution in [1.82, 2.24) is 9.97 Å². The second kappa shape index (κ2) is 3.88. The second-order valence-electron chi connectivity index (χ2n) is 2.98. The van der Waals surface area contributed by atoms with Crippen LogP contribution in [-0.4, -0.2) is 21.0 Å². The van der Waals surface area contributed by atoms with Gasteiger partial charge in [0.25, 0.3) is 0 Å². The third-order valence-corrected chi connectivity index (χ3v) is 1.91. The predicted molar refractivity (Wildman–Crippen MR) is 56.2 cm³/mol. The van der Waals surface area contributed by atoms with Gasteiger partial charge in [-0.25, -0.2) is 9.78 Å². The molecule has 0 spiro atoms. The standard InChI is InChI=1S/C11H8N2O2/c14-11(15)4-3-9-2-1-8-7-12-6-5-10(8)13-9/h1-7H,(H,14,15)/b4-3-. The molecule has 0 aliphatic heterocycles. The fraction of sp³-hybridized carbons (Fsp3) is 0. The summed E-state index contributed by atoms with van der Waals surface area (Å²) >= 11 is 0. The average Bonchev–Trinajstić information content (AvgIpc) is 2.26. The Morgan fingerprint density at radius 2 is 2.20 bits per heavy atom. The van der Waals surface area contributed by atoms with Crippen molar-refractivity contribution in [3.05, 3.63) is 42.4 Å². The smallest absolute Gasteiger partial charge is 0.328 e. The van der Waals surface area contributed by atoms with E-state index in [2.05, 4.69) is 9.97 Å². The van der Waals surface area contributed by atoms with E-state index in [4.69, 9.17) is 5.11 Å². The van der Waals surface area contributed by atoms with Gasteiger partial charge in [0.1, 0.15) is 0 Å². The molecule has 0 unspecified atom stereocenters. The Balaban J connectivity index is 2.43. The van der Waals surface area contributed by atoms with E-state index in [1.807, 2.05) is 6.07 Å². The molecule has 2 aromatic rings. The summed E-state index contributed by atoms with van der Waals surface area (Å²) in [6.07, 6.45) is 5.89.